The first-order valence-electron chi connectivity index (χ1n) is 7.27. The SMILES string of the molecule is CCNc1cc(N2CCc3cc(OC)ccc3C2)ncn1. The minimum atomic E-state index is 0.860. The second-order valence-corrected chi connectivity index (χ2v) is 5.10. The Hall–Kier alpha value is -2.30. The maximum atomic E-state index is 5.29. The fourth-order valence-corrected chi connectivity index (χ4v) is 2.65. The van der Waals surface area contributed by atoms with Crippen molar-refractivity contribution in [3.63, 3.8) is 0 Å². The smallest absolute Gasteiger partial charge is 0.134 e. The quantitative estimate of drug-likeness (QED) is 0.934. The number of nitrogens with one attached hydrogen (secondary N) is 1. The van der Waals surface area contributed by atoms with Gasteiger partial charge in [-0.15, -0.1) is 0 Å². The molecule has 1 aromatic carbocycles. The monoisotopic (exact) mass is 284 g/mol. The number of rotatable bonds is 4. The molecule has 0 bridgehead atoms. The third-order valence-corrected chi connectivity index (χ3v) is 3.76. The molecule has 21 heavy (non-hydrogen) atoms. The highest BCUT2D eigenvalue weighted by Crippen LogP contribution is 2.26. The van der Waals surface area contributed by atoms with E-state index in [2.05, 4.69) is 39.2 Å². The third-order valence-electron chi connectivity index (χ3n) is 3.76. The van der Waals surface area contributed by atoms with Crippen molar-refractivity contribution in [1.82, 2.24) is 9.97 Å². The Bertz CT molecular complexity index is 629. The maximum Gasteiger partial charge on any atom is 0.134 e. The molecule has 5 heteroatoms. The van der Waals surface area contributed by atoms with Gasteiger partial charge in [0.25, 0.3) is 0 Å². The van der Waals surface area contributed by atoms with Crippen molar-refractivity contribution in [2.75, 3.05) is 30.4 Å². The van der Waals surface area contributed by atoms with Crippen molar-refractivity contribution >= 4 is 11.6 Å². The summed E-state index contributed by atoms with van der Waals surface area (Å²) in [6.45, 7) is 4.76. The summed E-state index contributed by atoms with van der Waals surface area (Å²) in [5.74, 6) is 2.78. The summed E-state index contributed by atoms with van der Waals surface area (Å²) in [6, 6.07) is 8.31. The molecule has 0 amide bonds. The average molecular weight is 284 g/mol. The van der Waals surface area contributed by atoms with Crippen molar-refractivity contribution in [1.29, 1.82) is 0 Å². The standard InChI is InChI=1S/C16H20N4O/c1-3-17-15-9-16(19-11-18-15)20-7-6-12-8-14(21-2)5-4-13(12)10-20/h4-5,8-9,11H,3,6-7,10H2,1-2H3,(H,17,18,19). The Labute approximate surface area is 125 Å². The molecule has 0 saturated carbocycles. The van der Waals surface area contributed by atoms with E-state index in [1.165, 1.54) is 11.1 Å². The van der Waals surface area contributed by atoms with Gasteiger partial charge in [-0.05, 0) is 36.6 Å². The van der Waals surface area contributed by atoms with E-state index in [4.69, 9.17) is 4.74 Å². The molecule has 2 heterocycles. The van der Waals surface area contributed by atoms with Crippen LogP contribution in [0.4, 0.5) is 11.6 Å². The van der Waals surface area contributed by atoms with Crippen LogP contribution in [0.25, 0.3) is 0 Å². The molecular weight excluding hydrogens is 264 g/mol. The van der Waals surface area contributed by atoms with Gasteiger partial charge in [0.2, 0.25) is 0 Å². The average Bonchev–Trinajstić information content (AvgIpc) is 2.54. The van der Waals surface area contributed by atoms with Gasteiger partial charge in [-0.25, -0.2) is 9.97 Å². The molecule has 1 aromatic heterocycles. The highest BCUT2D eigenvalue weighted by atomic mass is 16.5. The zero-order valence-electron chi connectivity index (χ0n) is 12.5. The normalized spacial score (nSPS) is 13.7. The number of hydrogen-bond acceptors (Lipinski definition) is 5. The van der Waals surface area contributed by atoms with Crippen molar-refractivity contribution in [2.45, 2.75) is 19.9 Å². The number of fused-ring (bicyclic) bond motifs is 1. The van der Waals surface area contributed by atoms with Crippen LogP contribution in [0.5, 0.6) is 5.75 Å². The van der Waals surface area contributed by atoms with Gasteiger partial charge in [0.1, 0.15) is 23.7 Å². The predicted octanol–water partition coefficient (Wildman–Crippen LogP) is 2.48. The minimum absolute atomic E-state index is 0.860. The molecule has 0 saturated heterocycles. The first kappa shape index (κ1) is 13.7. The Morgan fingerprint density at radius 3 is 2.95 bits per heavy atom. The molecule has 3 rings (SSSR count). The Kier molecular flexibility index (Phi) is 3.90. The summed E-state index contributed by atoms with van der Waals surface area (Å²) in [4.78, 5) is 10.9. The summed E-state index contributed by atoms with van der Waals surface area (Å²) in [5, 5.41) is 3.23. The summed E-state index contributed by atoms with van der Waals surface area (Å²) in [7, 11) is 1.71. The van der Waals surface area contributed by atoms with E-state index in [9.17, 15) is 0 Å². The molecular formula is C16H20N4O. The number of nitrogens with zero attached hydrogens (tertiary/aromatic N) is 3. The highest BCUT2D eigenvalue weighted by Gasteiger charge is 2.18. The lowest BCUT2D eigenvalue weighted by Crippen LogP contribution is -2.31. The number of aromatic nitrogens is 2. The summed E-state index contributed by atoms with van der Waals surface area (Å²) in [5.41, 5.74) is 2.71. The molecule has 0 unspecified atom stereocenters. The largest absolute Gasteiger partial charge is 0.497 e. The van der Waals surface area contributed by atoms with Crippen molar-refractivity contribution in [2.24, 2.45) is 0 Å². The van der Waals surface area contributed by atoms with Gasteiger partial charge >= 0.3 is 0 Å². The van der Waals surface area contributed by atoms with E-state index < -0.39 is 0 Å². The predicted molar refractivity (Wildman–Crippen MR) is 83.9 cm³/mol. The van der Waals surface area contributed by atoms with Crippen LogP contribution >= 0.6 is 0 Å². The molecule has 0 atom stereocenters. The number of hydrogen-bond donors (Lipinski definition) is 1. The van der Waals surface area contributed by atoms with Crippen LogP contribution in [0.1, 0.15) is 18.1 Å². The Morgan fingerprint density at radius 2 is 2.14 bits per heavy atom. The van der Waals surface area contributed by atoms with Crippen LogP contribution in [0, 0.1) is 0 Å². The molecule has 0 aliphatic carbocycles. The molecule has 1 N–H and O–H groups in total. The van der Waals surface area contributed by atoms with Gasteiger partial charge in [0, 0.05) is 25.7 Å². The van der Waals surface area contributed by atoms with Crippen LogP contribution in [0.15, 0.2) is 30.6 Å². The van der Waals surface area contributed by atoms with Crippen LogP contribution in [0.3, 0.4) is 0 Å². The van der Waals surface area contributed by atoms with Crippen molar-refractivity contribution in [3.8, 4) is 5.75 Å². The van der Waals surface area contributed by atoms with Gasteiger partial charge < -0.3 is 15.0 Å². The van der Waals surface area contributed by atoms with Gasteiger partial charge in [-0.2, -0.15) is 0 Å². The van der Waals surface area contributed by atoms with Gasteiger partial charge in [-0.1, -0.05) is 6.07 Å². The van der Waals surface area contributed by atoms with Crippen LogP contribution in [-0.4, -0.2) is 30.2 Å². The molecule has 0 radical (unpaired) electrons. The lowest BCUT2D eigenvalue weighted by atomic mass is 9.99. The zero-order chi connectivity index (χ0) is 14.7. The molecule has 1 aliphatic heterocycles. The minimum Gasteiger partial charge on any atom is -0.497 e. The van der Waals surface area contributed by atoms with Crippen molar-refractivity contribution < 1.29 is 4.74 Å². The lowest BCUT2D eigenvalue weighted by molar-refractivity contribution is 0.413. The fourth-order valence-electron chi connectivity index (χ4n) is 2.65. The topological polar surface area (TPSA) is 50.3 Å². The molecule has 5 nitrogen and oxygen atoms in total. The van der Waals surface area contributed by atoms with E-state index in [-0.39, 0.29) is 0 Å². The maximum absolute atomic E-state index is 5.29. The third kappa shape index (κ3) is 2.91. The zero-order valence-corrected chi connectivity index (χ0v) is 12.5. The number of anilines is 2. The number of benzene rings is 1. The molecule has 0 spiro atoms. The molecule has 1 aliphatic rings. The Morgan fingerprint density at radius 1 is 1.24 bits per heavy atom. The second-order valence-electron chi connectivity index (χ2n) is 5.10. The molecule has 0 fully saturated rings. The van der Waals surface area contributed by atoms with Crippen molar-refractivity contribution in [3.05, 3.63) is 41.7 Å². The van der Waals surface area contributed by atoms with E-state index in [1.54, 1.807) is 13.4 Å². The van der Waals surface area contributed by atoms with E-state index in [0.29, 0.717) is 0 Å². The highest BCUT2D eigenvalue weighted by molar-refractivity contribution is 5.51. The van der Waals surface area contributed by atoms with E-state index >= 15 is 0 Å². The number of ether oxygens (including phenoxy) is 1. The van der Waals surface area contributed by atoms with Crippen LogP contribution in [0.2, 0.25) is 0 Å². The van der Waals surface area contributed by atoms with Crippen LogP contribution < -0.4 is 15.0 Å². The van der Waals surface area contributed by atoms with Crippen LogP contribution in [-0.2, 0) is 13.0 Å². The number of methoxy groups -OCH3 is 1. The summed E-state index contributed by atoms with van der Waals surface area (Å²) in [6.07, 6.45) is 2.63. The Balaban J connectivity index is 1.81. The molecule has 2 aromatic rings. The first-order chi connectivity index (χ1) is 10.3. The lowest BCUT2D eigenvalue weighted by Gasteiger charge is -2.30. The summed E-state index contributed by atoms with van der Waals surface area (Å²) < 4.78 is 5.29. The fraction of sp³-hybridized carbons (Fsp3) is 0.375. The molecule has 110 valence electrons. The summed E-state index contributed by atoms with van der Waals surface area (Å²) >= 11 is 0. The van der Waals surface area contributed by atoms with Gasteiger partial charge in [0.15, 0.2) is 0 Å². The van der Waals surface area contributed by atoms with E-state index in [0.717, 1.165) is 43.4 Å². The van der Waals surface area contributed by atoms with Gasteiger partial charge in [-0.3, -0.25) is 0 Å². The second kappa shape index (κ2) is 5.99. The van der Waals surface area contributed by atoms with Gasteiger partial charge in [0.05, 0.1) is 7.11 Å². The van der Waals surface area contributed by atoms with E-state index in [1.807, 2.05) is 12.1 Å². The first-order valence-corrected chi connectivity index (χ1v) is 7.27.